The van der Waals surface area contributed by atoms with Gasteiger partial charge in [0.1, 0.15) is 13.2 Å². The van der Waals surface area contributed by atoms with E-state index < -0.39 is 44.3 Å². The number of nitrogens with one attached hydrogen (secondary N) is 1. The smallest absolute Gasteiger partial charge is 0.465 e. The number of carbonyl (C=O) groups is 4. The van der Waals surface area contributed by atoms with Gasteiger partial charge >= 0.3 is 25.7 Å². The van der Waals surface area contributed by atoms with Crippen molar-refractivity contribution >= 4 is 31.6 Å². The van der Waals surface area contributed by atoms with Crippen molar-refractivity contribution in [3.05, 3.63) is 0 Å². The summed E-state index contributed by atoms with van der Waals surface area (Å²) in [5.74, 6) is -1.74. The zero-order valence-corrected chi connectivity index (χ0v) is 35.3. The predicted octanol–water partition coefficient (Wildman–Crippen LogP) is 10.2. The number of hydrogen-bond donors (Lipinski definition) is 2. The van der Waals surface area contributed by atoms with Crippen molar-refractivity contribution in [1.82, 2.24) is 5.32 Å². The quantitative estimate of drug-likeness (QED) is 0.0263. The minimum Gasteiger partial charge on any atom is -0.465 e. The van der Waals surface area contributed by atoms with Gasteiger partial charge in [0.15, 0.2) is 6.10 Å². The summed E-state index contributed by atoms with van der Waals surface area (Å²) in [6.45, 7) is 4.81. The van der Waals surface area contributed by atoms with Crippen LogP contribution in [0, 0.1) is 0 Å². The van der Waals surface area contributed by atoms with Gasteiger partial charge in [0.05, 0.1) is 19.6 Å². The molecule has 0 spiro atoms. The Labute approximate surface area is 327 Å². The fourth-order valence-corrected chi connectivity index (χ4v) is 6.60. The molecule has 13 heteroatoms. The first-order chi connectivity index (χ1) is 26.1. The van der Waals surface area contributed by atoms with Crippen LogP contribution < -0.4 is 5.32 Å². The normalized spacial score (nSPS) is 12.9. The molecule has 2 atom stereocenters. The number of amides is 1. The maximum Gasteiger partial charge on any atom is 0.472 e. The SMILES string of the molecule is CCCCCCCCCCCCCCC(=O)OCC(COP(=O)(O)OCCNC(=O)CCOC(=O)CC)OC(=O)CCCCCCCCCCCCCC. The van der Waals surface area contributed by atoms with Crippen LogP contribution >= 0.6 is 7.82 Å². The number of phosphoric ester groups is 1. The van der Waals surface area contributed by atoms with E-state index in [0.29, 0.717) is 12.8 Å². The monoisotopic (exact) mass is 792 g/mol. The van der Waals surface area contributed by atoms with E-state index in [4.69, 9.17) is 23.3 Å². The molecule has 0 aliphatic carbocycles. The maximum absolute atomic E-state index is 12.7. The molecule has 1 amide bonds. The number of carbonyl (C=O) groups excluding carboxylic acids is 4. The van der Waals surface area contributed by atoms with E-state index >= 15 is 0 Å². The highest BCUT2D eigenvalue weighted by molar-refractivity contribution is 7.47. The van der Waals surface area contributed by atoms with Crippen LogP contribution in [0.5, 0.6) is 0 Å². The molecule has 0 bridgehead atoms. The van der Waals surface area contributed by atoms with E-state index in [9.17, 15) is 28.6 Å². The summed E-state index contributed by atoms with van der Waals surface area (Å²) in [6, 6.07) is 0. The van der Waals surface area contributed by atoms with Gasteiger partial charge in [0, 0.05) is 25.8 Å². The van der Waals surface area contributed by atoms with Crippen LogP contribution in [-0.4, -0.2) is 67.8 Å². The maximum atomic E-state index is 12.7. The molecule has 0 rings (SSSR count). The molecule has 2 N–H and O–H groups in total. The molecule has 0 radical (unpaired) electrons. The Morgan fingerprint density at radius 1 is 0.519 bits per heavy atom. The van der Waals surface area contributed by atoms with Crippen molar-refractivity contribution in [3.8, 4) is 0 Å². The lowest BCUT2D eigenvalue weighted by molar-refractivity contribution is -0.161. The molecule has 0 aromatic carbocycles. The van der Waals surface area contributed by atoms with Gasteiger partial charge in [-0.2, -0.15) is 0 Å². The Bertz CT molecular complexity index is 981. The van der Waals surface area contributed by atoms with E-state index in [0.717, 1.165) is 38.5 Å². The second-order valence-corrected chi connectivity index (χ2v) is 15.8. The third-order valence-electron chi connectivity index (χ3n) is 9.18. The fourth-order valence-electron chi connectivity index (χ4n) is 5.85. The minimum atomic E-state index is -4.58. The summed E-state index contributed by atoms with van der Waals surface area (Å²) >= 11 is 0. The number of phosphoric acid groups is 1. The van der Waals surface area contributed by atoms with Crippen molar-refractivity contribution < 1.29 is 51.9 Å². The fraction of sp³-hybridized carbons (Fsp3) is 0.902. The average molecular weight is 792 g/mol. The van der Waals surface area contributed by atoms with Gasteiger partial charge in [-0.15, -0.1) is 0 Å². The minimum absolute atomic E-state index is 0.0522. The van der Waals surface area contributed by atoms with Gasteiger partial charge in [0.25, 0.3) is 0 Å². The van der Waals surface area contributed by atoms with Crippen LogP contribution in [0.2, 0.25) is 0 Å². The molecule has 0 aromatic heterocycles. The molecular weight excluding hydrogens is 713 g/mol. The Balaban J connectivity index is 4.55. The number of ether oxygens (including phenoxy) is 3. The van der Waals surface area contributed by atoms with E-state index in [1.54, 1.807) is 6.92 Å². The highest BCUT2D eigenvalue weighted by Gasteiger charge is 2.26. The largest absolute Gasteiger partial charge is 0.472 e. The van der Waals surface area contributed by atoms with Crippen molar-refractivity contribution in [2.45, 2.75) is 207 Å². The zero-order valence-electron chi connectivity index (χ0n) is 34.4. The summed E-state index contributed by atoms with van der Waals surface area (Å²) in [7, 11) is -4.58. The van der Waals surface area contributed by atoms with Crippen LogP contribution in [0.25, 0.3) is 0 Å². The first kappa shape index (κ1) is 52.0. The highest BCUT2D eigenvalue weighted by atomic mass is 31.2. The van der Waals surface area contributed by atoms with Gasteiger partial charge in [-0.3, -0.25) is 28.2 Å². The molecule has 54 heavy (non-hydrogen) atoms. The lowest BCUT2D eigenvalue weighted by Crippen LogP contribution is -2.30. The van der Waals surface area contributed by atoms with Crippen molar-refractivity contribution in [3.63, 3.8) is 0 Å². The van der Waals surface area contributed by atoms with Gasteiger partial charge in [-0.1, -0.05) is 162 Å². The number of esters is 3. The lowest BCUT2D eigenvalue weighted by Gasteiger charge is -2.20. The Kier molecular flexibility index (Phi) is 36.5. The van der Waals surface area contributed by atoms with E-state index in [2.05, 4.69) is 19.2 Å². The number of rotatable bonds is 40. The first-order valence-electron chi connectivity index (χ1n) is 21.5. The van der Waals surface area contributed by atoms with Crippen LogP contribution in [0.4, 0.5) is 0 Å². The van der Waals surface area contributed by atoms with Gasteiger partial charge in [-0.25, -0.2) is 4.57 Å². The van der Waals surface area contributed by atoms with Gasteiger partial charge < -0.3 is 24.4 Å². The summed E-state index contributed by atoms with van der Waals surface area (Å²) in [4.78, 5) is 58.3. The van der Waals surface area contributed by atoms with Crippen LogP contribution in [-0.2, 0) is 47.0 Å². The van der Waals surface area contributed by atoms with Crippen molar-refractivity contribution in [2.24, 2.45) is 0 Å². The van der Waals surface area contributed by atoms with E-state index in [1.807, 2.05) is 0 Å². The molecule has 0 aliphatic heterocycles. The van der Waals surface area contributed by atoms with Crippen molar-refractivity contribution in [2.75, 3.05) is 33.0 Å². The Hall–Kier alpha value is -2.01. The molecule has 0 heterocycles. The molecule has 0 saturated heterocycles. The standard InChI is InChI=1S/C41H78NO11P/c1-4-7-9-11-13-15-17-19-21-23-25-27-29-40(45)50-35-37(53-41(46)30-28-26-24-22-20-18-16-14-12-10-8-5-2)36-52-54(47,48)51-34-32-42-38(43)31-33-49-39(44)6-3/h37H,4-36H2,1-3H3,(H,42,43)(H,47,48). The Morgan fingerprint density at radius 2 is 0.963 bits per heavy atom. The topological polar surface area (TPSA) is 164 Å². The summed E-state index contributed by atoms with van der Waals surface area (Å²) in [5.41, 5.74) is 0. The zero-order chi connectivity index (χ0) is 40.0. The first-order valence-corrected chi connectivity index (χ1v) is 23.0. The summed E-state index contributed by atoms with van der Waals surface area (Å²) in [5, 5.41) is 2.49. The average Bonchev–Trinajstić information content (AvgIpc) is 3.15. The van der Waals surface area contributed by atoms with Crippen LogP contribution in [0.3, 0.4) is 0 Å². The Morgan fingerprint density at radius 3 is 1.43 bits per heavy atom. The van der Waals surface area contributed by atoms with Crippen molar-refractivity contribution in [1.29, 1.82) is 0 Å². The number of hydrogen-bond acceptors (Lipinski definition) is 10. The van der Waals surface area contributed by atoms with Crippen LogP contribution in [0.1, 0.15) is 201 Å². The lowest BCUT2D eigenvalue weighted by atomic mass is 10.0. The predicted molar refractivity (Wildman–Crippen MR) is 213 cm³/mol. The third-order valence-corrected chi connectivity index (χ3v) is 10.2. The van der Waals surface area contributed by atoms with Gasteiger partial charge in [-0.05, 0) is 12.8 Å². The molecule has 0 aromatic rings. The second kappa shape index (κ2) is 37.9. The molecule has 0 fully saturated rings. The van der Waals surface area contributed by atoms with E-state index in [-0.39, 0.29) is 52.0 Å². The number of unbranched alkanes of at least 4 members (excludes halogenated alkanes) is 22. The highest BCUT2D eigenvalue weighted by Crippen LogP contribution is 2.43. The molecule has 318 valence electrons. The third kappa shape index (κ3) is 36.9. The summed E-state index contributed by atoms with van der Waals surface area (Å²) < 4.78 is 38.3. The molecule has 2 unspecified atom stereocenters. The molecule has 0 saturated carbocycles. The molecular formula is C41H78NO11P. The molecule has 12 nitrogen and oxygen atoms in total. The van der Waals surface area contributed by atoms with E-state index in [1.165, 1.54) is 103 Å². The molecule has 0 aliphatic rings. The van der Waals surface area contributed by atoms with Gasteiger partial charge in [0.2, 0.25) is 5.91 Å². The summed E-state index contributed by atoms with van der Waals surface area (Å²) in [6.07, 6.45) is 27.8. The van der Waals surface area contributed by atoms with Crippen LogP contribution in [0.15, 0.2) is 0 Å². The second-order valence-electron chi connectivity index (χ2n) is 14.3.